The molecule has 2 rings (SSSR count). The molecule has 4 atom stereocenters. The third kappa shape index (κ3) is 0.982. The lowest BCUT2D eigenvalue weighted by Gasteiger charge is -2.12. The third-order valence-electron chi connectivity index (χ3n) is 3.41. The Hall–Kier alpha value is -0.610. The maximum absolute atomic E-state index is 11.5. The van der Waals surface area contributed by atoms with Crippen LogP contribution in [0.4, 0.5) is 0 Å². The molecular weight excluding hydrogens is 184 g/mol. The van der Waals surface area contributed by atoms with E-state index in [0.717, 1.165) is 6.42 Å². The van der Waals surface area contributed by atoms with Crippen molar-refractivity contribution in [3.8, 4) is 0 Å². The Bertz CT molecular complexity index is 277. The van der Waals surface area contributed by atoms with E-state index in [4.69, 9.17) is 14.2 Å². The molecular formula is C10H16O4. The predicted octanol–water partition coefficient (Wildman–Crippen LogP) is 0.884. The van der Waals surface area contributed by atoms with E-state index in [-0.39, 0.29) is 18.2 Å². The van der Waals surface area contributed by atoms with Gasteiger partial charge in [-0.3, -0.25) is 0 Å². The van der Waals surface area contributed by atoms with Crippen LogP contribution in [0.5, 0.6) is 0 Å². The average molecular weight is 200 g/mol. The summed E-state index contributed by atoms with van der Waals surface area (Å²) in [4.78, 5) is 11.5. The first-order valence-electron chi connectivity index (χ1n) is 4.90. The highest BCUT2D eigenvalue weighted by Crippen LogP contribution is 2.58. The minimum Gasteiger partial charge on any atom is -0.467 e. The van der Waals surface area contributed by atoms with Gasteiger partial charge in [0.15, 0.2) is 5.60 Å². The molecule has 14 heavy (non-hydrogen) atoms. The molecule has 0 bridgehead atoms. The first-order valence-corrected chi connectivity index (χ1v) is 4.90. The van der Waals surface area contributed by atoms with E-state index in [1.165, 1.54) is 7.11 Å². The summed E-state index contributed by atoms with van der Waals surface area (Å²) < 4.78 is 15.9. The van der Waals surface area contributed by atoms with E-state index < -0.39 is 11.2 Å². The van der Waals surface area contributed by atoms with Crippen molar-refractivity contribution in [3.05, 3.63) is 0 Å². The summed E-state index contributed by atoms with van der Waals surface area (Å²) in [5.41, 5.74) is -1.24. The molecule has 0 N–H and O–H groups in total. The molecule has 0 aromatic carbocycles. The molecule has 2 heterocycles. The molecule has 80 valence electrons. The molecule has 2 fully saturated rings. The van der Waals surface area contributed by atoms with Crippen LogP contribution in [0.2, 0.25) is 0 Å². The van der Waals surface area contributed by atoms with E-state index in [9.17, 15) is 4.79 Å². The van der Waals surface area contributed by atoms with Crippen molar-refractivity contribution in [1.29, 1.82) is 0 Å². The van der Waals surface area contributed by atoms with Crippen molar-refractivity contribution in [1.82, 2.24) is 0 Å². The van der Waals surface area contributed by atoms with Gasteiger partial charge in [0.25, 0.3) is 0 Å². The lowest BCUT2D eigenvalue weighted by molar-refractivity contribution is -0.146. The highest BCUT2D eigenvalue weighted by molar-refractivity contribution is 5.84. The second-order valence-corrected chi connectivity index (χ2v) is 4.31. The van der Waals surface area contributed by atoms with Crippen molar-refractivity contribution in [2.75, 3.05) is 7.11 Å². The Kier molecular flexibility index (Phi) is 1.92. The van der Waals surface area contributed by atoms with Crippen molar-refractivity contribution in [2.45, 2.75) is 50.6 Å². The summed E-state index contributed by atoms with van der Waals surface area (Å²) in [7, 11) is 1.38. The average Bonchev–Trinajstić information content (AvgIpc) is 2.61. The van der Waals surface area contributed by atoms with Gasteiger partial charge < -0.3 is 14.2 Å². The quantitative estimate of drug-likeness (QED) is 0.466. The molecule has 2 aliphatic rings. The molecule has 1 spiro atoms. The van der Waals surface area contributed by atoms with Crippen molar-refractivity contribution < 1.29 is 19.0 Å². The Morgan fingerprint density at radius 1 is 1.50 bits per heavy atom. The van der Waals surface area contributed by atoms with Gasteiger partial charge in [-0.25, -0.2) is 4.79 Å². The molecule has 4 unspecified atom stereocenters. The molecule has 4 nitrogen and oxygen atoms in total. The van der Waals surface area contributed by atoms with E-state index in [1.54, 1.807) is 6.92 Å². The third-order valence-corrected chi connectivity index (χ3v) is 3.41. The van der Waals surface area contributed by atoms with Crippen LogP contribution in [0, 0.1) is 0 Å². The molecule has 0 aromatic heterocycles. The zero-order valence-electron chi connectivity index (χ0n) is 8.99. The number of hydrogen-bond donors (Lipinski definition) is 0. The molecule has 0 aliphatic carbocycles. The standard InChI is InChI=1S/C10H16O4/c1-6-5-10(7(2)13-6)9(3,14-10)8(11)12-4/h6-7H,5H2,1-4H3. The van der Waals surface area contributed by atoms with E-state index in [2.05, 4.69) is 0 Å². The maximum Gasteiger partial charge on any atom is 0.341 e. The normalized spacial score (nSPS) is 50.9. The summed E-state index contributed by atoms with van der Waals surface area (Å²) in [5, 5.41) is 0. The highest BCUT2D eigenvalue weighted by Gasteiger charge is 2.77. The highest BCUT2D eigenvalue weighted by atomic mass is 16.7. The minimum absolute atomic E-state index is 0.0402. The summed E-state index contributed by atoms with van der Waals surface area (Å²) >= 11 is 0. The summed E-state index contributed by atoms with van der Waals surface area (Å²) in [6, 6.07) is 0. The smallest absolute Gasteiger partial charge is 0.341 e. The van der Waals surface area contributed by atoms with Crippen LogP contribution in [0.1, 0.15) is 27.2 Å². The second kappa shape index (κ2) is 2.70. The molecule has 0 aromatic rings. The fourth-order valence-corrected chi connectivity index (χ4v) is 2.55. The lowest BCUT2D eigenvalue weighted by Crippen LogP contribution is -2.36. The van der Waals surface area contributed by atoms with Crippen molar-refractivity contribution in [3.63, 3.8) is 0 Å². The van der Waals surface area contributed by atoms with Crippen LogP contribution < -0.4 is 0 Å². The summed E-state index contributed by atoms with van der Waals surface area (Å²) in [6.07, 6.45) is 0.873. The number of carbonyl (C=O) groups excluding carboxylic acids is 1. The van der Waals surface area contributed by atoms with Crippen LogP contribution in [0.15, 0.2) is 0 Å². The molecule has 2 saturated heterocycles. The van der Waals surface area contributed by atoms with Crippen LogP contribution in [0.3, 0.4) is 0 Å². The number of rotatable bonds is 1. The minimum atomic E-state index is -0.800. The molecule has 0 saturated carbocycles. The number of carbonyl (C=O) groups is 1. The Labute approximate surface area is 83.5 Å². The molecule has 0 amide bonds. The number of hydrogen-bond acceptors (Lipinski definition) is 4. The maximum atomic E-state index is 11.5. The van der Waals surface area contributed by atoms with Crippen molar-refractivity contribution >= 4 is 5.97 Å². The molecule has 4 heteroatoms. The van der Waals surface area contributed by atoms with Gasteiger partial charge in [-0.1, -0.05) is 0 Å². The van der Waals surface area contributed by atoms with Gasteiger partial charge in [0, 0.05) is 6.42 Å². The summed E-state index contributed by atoms with van der Waals surface area (Å²) in [6.45, 7) is 5.71. The van der Waals surface area contributed by atoms with E-state index in [0.29, 0.717) is 0 Å². The number of esters is 1. The van der Waals surface area contributed by atoms with Gasteiger partial charge in [-0.05, 0) is 20.8 Å². The van der Waals surface area contributed by atoms with Crippen LogP contribution >= 0.6 is 0 Å². The monoisotopic (exact) mass is 200 g/mol. The first-order chi connectivity index (χ1) is 6.46. The zero-order chi connectivity index (χ0) is 10.6. The van der Waals surface area contributed by atoms with Gasteiger partial charge >= 0.3 is 5.97 Å². The number of methoxy groups -OCH3 is 1. The van der Waals surface area contributed by atoms with E-state index in [1.807, 2.05) is 13.8 Å². The van der Waals surface area contributed by atoms with Gasteiger partial charge in [-0.2, -0.15) is 0 Å². The molecule has 0 radical (unpaired) electrons. The van der Waals surface area contributed by atoms with Crippen LogP contribution in [0.25, 0.3) is 0 Å². The largest absolute Gasteiger partial charge is 0.467 e. The fraction of sp³-hybridized carbons (Fsp3) is 0.900. The molecule has 2 aliphatic heterocycles. The van der Waals surface area contributed by atoms with E-state index >= 15 is 0 Å². The number of epoxide rings is 1. The number of ether oxygens (including phenoxy) is 3. The van der Waals surface area contributed by atoms with Crippen LogP contribution in [-0.4, -0.2) is 36.5 Å². The Balaban J connectivity index is 2.19. The zero-order valence-corrected chi connectivity index (χ0v) is 8.99. The van der Waals surface area contributed by atoms with Crippen LogP contribution in [-0.2, 0) is 19.0 Å². The van der Waals surface area contributed by atoms with Gasteiger partial charge in [0.2, 0.25) is 0 Å². The van der Waals surface area contributed by atoms with Crippen molar-refractivity contribution in [2.24, 2.45) is 0 Å². The van der Waals surface area contributed by atoms with Gasteiger partial charge in [0.1, 0.15) is 5.60 Å². The lowest BCUT2D eigenvalue weighted by atomic mass is 9.87. The Morgan fingerprint density at radius 3 is 2.57 bits per heavy atom. The van der Waals surface area contributed by atoms with Gasteiger partial charge in [-0.15, -0.1) is 0 Å². The fourth-order valence-electron chi connectivity index (χ4n) is 2.55. The first kappa shape index (κ1) is 9.93. The Morgan fingerprint density at radius 2 is 2.14 bits per heavy atom. The SMILES string of the molecule is COC(=O)C1(C)OC12CC(C)OC2C. The second-order valence-electron chi connectivity index (χ2n) is 4.31. The predicted molar refractivity (Wildman–Crippen MR) is 48.9 cm³/mol. The van der Waals surface area contributed by atoms with Gasteiger partial charge in [0.05, 0.1) is 19.3 Å². The topological polar surface area (TPSA) is 48.1 Å². The summed E-state index contributed by atoms with van der Waals surface area (Å²) in [5.74, 6) is -0.304.